The lowest BCUT2D eigenvalue weighted by Crippen LogP contribution is -2.53. The number of esters is 1. The fraction of sp³-hybridized carbons (Fsp3) is 0.812. The number of nitrogens with one attached hydrogen (secondary N) is 1. The Morgan fingerprint density at radius 2 is 1.50 bits per heavy atom. The zero-order valence-corrected chi connectivity index (χ0v) is 14.7. The van der Waals surface area contributed by atoms with Crippen molar-refractivity contribution in [3.8, 4) is 0 Å². The van der Waals surface area contributed by atoms with Crippen molar-refractivity contribution in [2.75, 3.05) is 45.9 Å². The van der Waals surface area contributed by atoms with Crippen LogP contribution in [0.2, 0.25) is 0 Å². The molecule has 1 rings (SSSR count). The summed E-state index contributed by atoms with van der Waals surface area (Å²) in [6.45, 7) is 6.92. The molecule has 138 valence electrons. The van der Waals surface area contributed by atoms with Crippen LogP contribution in [0.25, 0.3) is 0 Å². The van der Waals surface area contributed by atoms with Crippen LogP contribution in [0.15, 0.2) is 0 Å². The van der Waals surface area contributed by atoms with Gasteiger partial charge >= 0.3 is 18.1 Å². The Kier molecular flexibility index (Phi) is 9.64. The Morgan fingerprint density at radius 3 is 2.12 bits per heavy atom. The lowest BCUT2D eigenvalue weighted by molar-refractivity contribution is -0.143. The van der Waals surface area contributed by atoms with Gasteiger partial charge in [0.1, 0.15) is 0 Å². The number of amides is 3. The maximum atomic E-state index is 12.0. The zero-order valence-electron chi connectivity index (χ0n) is 14.7. The topological polar surface area (TPSA) is 88.2 Å². The molecular formula is C16H29N3O5. The molecule has 0 bridgehead atoms. The van der Waals surface area contributed by atoms with E-state index in [1.54, 1.807) is 23.6 Å². The summed E-state index contributed by atoms with van der Waals surface area (Å²) in [5.74, 6) is -0.166. The van der Waals surface area contributed by atoms with Crippen molar-refractivity contribution in [3.05, 3.63) is 0 Å². The summed E-state index contributed by atoms with van der Waals surface area (Å²) in [6.07, 6.45) is 2.58. The first kappa shape index (κ1) is 20.1. The molecule has 3 amide bonds. The van der Waals surface area contributed by atoms with Crippen LogP contribution in [-0.2, 0) is 14.3 Å². The lowest BCUT2D eigenvalue weighted by Gasteiger charge is -2.34. The third kappa shape index (κ3) is 7.52. The molecule has 1 aliphatic rings. The van der Waals surface area contributed by atoms with Crippen LogP contribution >= 0.6 is 0 Å². The second-order valence-electron chi connectivity index (χ2n) is 5.52. The normalized spacial score (nSPS) is 14.2. The largest absolute Gasteiger partial charge is 0.466 e. The van der Waals surface area contributed by atoms with Gasteiger partial charge in [0.25, 0.3) is 0 Å². The maximum Gasteiger partial charge on any atom is 0.409 e. The van der Waals surface area contributed by atoms with Gasteiger partial charge in [0.2, 0.25) is 0 Å². The number of rotatable bonds is 8. The number of unbranched alkanes of at least 4 members (excludes halogenated alkanes) is 2. The van der Waals surface area contributed by atoms with Gasteiger partial charge in [0.05, 0.1) is 13.2 Å². The van der Waals surface area contributed by atoms with Crippen LogP contribution in [0.4, 0.5) is 9.59 Å². The number of piperazine rings is 1. The van der Waals surface area contributed by atoms with E-state index in [9.17, 15) is 14.4 Å². The minimum Gasteiger partial charge on any atom is -0.466 e. The summed E-state index contributed by atoms with van der Waals surface area (Å²) in [5.41, 5.74) is 0. The molecule has 0 aliphatic carbocycles. The molecule has 0 aromatic rings. The average Bonchev–Trinajstić information content (AvgIpc) is 2.58. The van der Waals surface area contributed by atoms with Gasteiger partial charge in [0.15, 0.2) is 0 Å². The van der Waals surface area contributed by atoms with Crippen LogP contribution < -0.4 is 5.32 Å². The SMILES string of the molecule is CCOC(=O)CCCCCNC(=O)N1CCN(C(=O)OCC)CC1. The van der Waals surface area contributed by atoms with Gasteiger partial charge in [-0.05, 0) is 26.7 Å². The van der Waals surface area contributed by atoms with Gasteiger partial charge in [-0.15, -0.1) is 0 Å². The van der Waals surface area contributed by atoms with Crippen LogP contribution in [-0.4, -0.2) is 73.8 Å². The summed E-state index contributed by atoms with van der Waals surface area (Å²) < 4.78 is 9.80. The van der Waals surface area contributed by atoms with Gasteiger partial charge in [0, 0.05) is 39.1 Å². The second-order valence-corrected chi connectivity index (χ2v) is 5.52. The van der Waals surface area contributed by atoms with E-state index < -0.39 is 0 Å². The molecule has 0 atom stereocenters. The minimum absolute atomic E-state index is 0.107. The van der Waals surface area contributed by atoms with Gasteiger partial charge in [-0.2, -0.15) is 0 Å². The summed E-state index contributed by atoms with van der Waals surface area (Å²) in [5, 5.41) is 2.87. The van der Waals surface area contributed by atoms with E-state index in [2.05, 4.69) is 5.32 Å². The molecule has 0 saturated carbocycles. The second kappa shape index (κ2) is 11.5. The highest BCUT2D eigenvalue weighted by atomic mass is 16.6. The molecule has 1 N–H and O–H groups in total. The molecular weight excluding hydrogens is 314 g/mol. The molecule has 0 unspecified atom stereocenters. The molecule has 0 aromatic carbocycles. The number of carbonyl (C=O) groups is 3. The molecule has 1 heterocycles. The van der Waals surface area contributed by atoms with Crippen molar-refractivity contribution < 1.29 is 23.9 Å². The molecule has 0 radical (unpaired) electrons. The van der Waals surface area contributed by atoms with Crippen LogP contribution in [0.3, 0.4) is 0 Å². The van der Waals surface area contributed by atoms with E-state index in [1.807, 2.05) is 0 Å². The Bertz CT molecular complexity index is 409. The van der Waals surface area contributed by atoms with E-state index in [0.29, 0.717) is 52.4 Å². The molecule has 8 heteroatoms. The molecule has 1 fully saturated rings. The van der Waals surface area contributed by atoms with Crippen LogP contribution in [0.5, 0.6) is 0 Å². The monoisotopic (exact) mass is 343 g/mol. The van der Waals surface area contributed by atoms with E-state index in [4.69, 9.17) is 9.47 Å². The van der Waals surface area contributed by atoms with E-state index in [-0.39, 0.29) is 18.1 Å². The average molecular weight is 343 g/mol. The van der Waals surface area contributed by atoms with Crippen molar-refractivity contribution in [2.45, 2.75) is 39.5 Å². The molecule has 8 nitrogen and oxygen atoms in total. The number of carbonyl (C=O) groups excluding carboxylic acids is 3. The smallest absolute Gasteiger partial charge is 0.409 e. The lowest BCUT2D eigenvalue weighted by atomic mass is 10.2. The van der Waals surface area contributed by atoms with E-state index in [1.165, 1.54) is 0 Å². The highest BCUT2D eigenvalue weighted by molar-refractivity contribution is 5.75. The third-order valence-electron chi connectivity index (χ3n) is 3.73. The maximum absolute atomic E-state index is 12.0. The van der Waals surface area contributed by atoms with Gasteiger partial charge < -0.3 is 24.6 Å². The fourth-order valence-corrected chi connectivity index (χ4v) is 2.42. The summed E-state index contributed by atoms with van der Waals surface area (Å²) in [6, 6.07) is -0.107. The minimum atomic E-state index is -0.320. The van der Waals surface area contributed by atoms with Crippen LogP contribution in [0.1, 0.15) is 39.5 Å². The summed E-state index contributed by atoms with van der Waals surface area (Å²) in [7, 11) is 0. The van der Waals surface area contributed by atoms with Crippen molar-refractivity contribution >= 4 is 18.1 Å². The van der Waals surface area contributed by atoms with E-state index in [0.717, 1.165) is 19.3 Å². The van der Waals surface area contributed by atoms with Crippen molar-refractivity contribution in [2.24, 2.45) is 0 Å². The predicted octanol–water partition coefficient (Wildman–Crippen LogP) is 1.59. The molecule has 0 aromatic heterocycles. The number of hydrogen-bond donors (Lipinski definition) is 1. The standard InChI is InChI=1S/C16H29N3O5/c1-3-23-14(20)8-6-5-7-9-17-15(21)18-10-12-19(13-11-18)16(22)24-4-2/h3-13H2,1-2H3,(H,17,21). The Morgan fingerprint density at radius 1 is 0.875 bits per heavy atom. The number of hydrogen-bond acceptors (Lipinski definition) is 5. The molecule has 0 spiro atoms. The number of urea groups is 1. The first-order chi connectivity index (χ1) is 11.6. The van der Waals surface area contributed by atoms with Gasteiger partial charge in [-0.25, -0.2) is 9.59 Å². The number of nitrogens with zero attached hydrogens (tertiary/aromatic N) is 2. The predicted molar refractivity (Wildman–Crippen MR) is 88.7 cm³/mol. The fourth-order valence-electron chi connectivity index (χ4n) is 2.42. The number of ether oxygens (including phenoxy) is 2. The third-order valence-corrected chi connectivity index (χ3v) is 3.73. The van der Waals surface area contributed by atoms with Crippen molar-refractivity contribution in [1.29, 1.82) is 0 Å². The highest BCUT2D eigenvalue weighted by Gasteiger charge is 2.24. The van der Waals surface area contributed by atoms with Crippen molar-refractivity contribution in [3.63, 3.8) is 0 Å². The van der Waals surface area contributed by atoms with Crippen LogP contribution in [0, 0.1) is 0 Å². The first-order valence-corrected chi connectivity index (χ1v) is 8.68. The van der Waals surface area contributed by atoms with E-state index >= 15 is 0 Å². The van der Waals surface area contributed by atoms with Crippen molar-refractivity contribution in [1.82, 2.24) is 15.1 Å². The zero-order chi connectivity index (χ0) is 17.8. The molecule has 1 saturated heterocycles. The highest BCUT2D eigenvalue weighted by Crippen LogP contribution is 2.05. The molecule has 24 heavy (non-hydrogen) atoms. The Balaban J connectivity index is 2.08. The summed E-state index contributed by atoms with van der Waals surface area (Å²) in [4.78, 5) is 38.1. The first-order valence-electron chi connectivity index (χ1n) is 8.68. The van der Waals surface area contributed by atoms with Gasteiger partial charge in [-0.1, -0.05) is 6.42 Å². The van der Waals surface area contributed by atoms with Gasteiger partial charge in [-0.3, -0.25) is 4.79 Å². The molecule has 1 aliphatic heterocycles. The summed E-state index contributed by atoms with van der Waals surface area (Å²) >= 11 is 0. The Labute approximate surface area is 143 Å². The quantitative estimate of drug-likeness (QED) is 0.534. The Hall–Kier alpha value is -1.99.